The molecular formula is C25H32FNO7. The fraction of sp³-hybridized carbons (Fsp3) is 0.640. The number of carbonyl (C=O) groups excluding carboxylic acids is 2. The van der Waals surface area contributed by atoms with Crippen LogP contribution in [0.5, 0.6) is 11.5 Å². The molecule has 0 saturated heterocycles. The number of benzene rings is 1. The number of rotatable bonds is 8. The van der Waals surface area contributed by atoms with E-state index in [1.807, 2.05) is 0 Å². The number of fused-ring (bicyclic) bond motifs is 2. The maximum absolute atomic E-state index is 14.7. The monoisotopic (exact) mass is 477 g/mol. The van der Waals surface area contributed by atoms with Crippen LogP contribution in [0.2, 0.25) is 0 Å². The van der Waals surface area contributed by atoms with Crippen molar-refractivity contribution in [1.29, 1.82) is 0 Å². The summed E-state index contributed by atoms with van der Waals surface area (Å²) in [4.78, 5) is 36.9. The molecule has 4 rings (SSSR count). The number of amides is 1. The summed E-state index contributed by atoms with van der Waals surface area (Å²) in [6.45, 7) is 2.11. The smallest absolute Gasteiger partial charge is 0.308 e. The van der Waals surface area contributed by atoms with Crippen molar-refractivity contribution in [3.8, 4) is 11.5 Å². The normalized spacial score (nSPS) is 30.0. The van der Waals surface area contributed by atoms with Gasteiger partial charge in [-0.2, -0.15) is 0 Å². The fourth-order valence-corrected chi connectivity index (χ4v) is 5.91. The van der Waals surface area contributed by atoms with Crippen LogP contribution < -0.4 is 14.8 Å². The van der Waals surface area contributed by atoms with E-state index < -0.39 is 29.7 Å². The van der Waals surface area contributed by atoms with Gasteiger partial charge >= 0.3 is 11.9 Å². The Labute approximate surface area is 198 Å². The van der Waals surface area contributed by atoms with Crippen molar-refractivity contribution < 1.29 is 38.1 Å². The fourth-order valence-electron chi connectivity index (χ4n) is 5.91. The summed E-state index contributed by atoms with van der Waals surface area (Å²) in [5.41, 5.74) is 0.103. The molecule has 3 saturated carbocycles. The number of methoxy groups -OCH3 is 1. The minimum absolute atomic E-state index is 0.0587. The average molecular weight is 478 g/mol. The molecule has 1 amide bonds. The molecule has 0 radical (unpaired) electrons. The van der Waals surface area contributed by atoms with Crippen molar-refractivity contribution in [3.63, 3.8) is 0 Å². The standard InChI is InChI=1S/C25H32FNO7/c1-3-33-25(31)13-6-8-16(9-7-13)34-20-11-17(19(32-2)12-18(20)26)23(28)27-22-15-5-4-14(10-15)21(22)24(29)30/h11-16,21-22H,3-10H2,1-2H3,(H,27,28)(H,29,30). The number of ether oxygens (including phenoxy) is 3. The Bertz CT molecular complexity index is 943. The second kappa shape index (κ2) is 10.2. The van der Waals surface area contributed by atoms with E-state index in [1.165, 1.54) is 13.2 Å². The van der Waals surface area contributed by atoms with E-state index in [0.717, 1.165) is 25.3 Å². The van der Waals surface area contributed by atoms with Crippen LogP contribution in [0.4, 0.5) is 4.39 Å². The SMILES string of the molecule is CCOC(=O)C1CCC(Oc2cc(C(=O)NC3C4CCC(C4)C3C(=O)O)c(OC)cc2F)CC1. The zero-order valence-electron chi connectivity index (χ0n) is 19.6. The topological polar surface area (TPSA) is 111 Å². The van der Waals surface area contributed by atoms with Crippen LogP contribution in [0.3, 0.4) is 0 Å². The van der Waals surface area contributed by atoms with E-state index in [-0.39, 0.29) is 46.9 Å². The summed E-state index contributed by atoms with van der Waals surface area (Å²) >= 11 is 0. The Morgan fingerprint density at radius 2 is 1.76 bits per heavy atom. The van der Waals surface area contributed by atoms with Crippen LogP contribution in [-0.4, -0.2) is 48.8 Å². The molecule has 1 aromatic carbocycles. The minimum Gasteiger partial charge on any atom is -0.496 e. The van der Waals surface area contributed by atoms with Crippen molar-refractivity contribution in [2.75, 3.05) is 13.7 Å². The molecule has 0 aromatic heterocycles. The summed E-state index contributed by atoms with van der Waals surface area (Å²) in [7, 11) is 1.35. The van der Waals surface area contributed by atoms with Crippen LogP contribution in [0, 0.1) is 29.5 Å². The van der Waals surface area contributed by atoms with Crippen LogP contribution >= 0.6 is 0 Å². The van der Waals surface area contributed by atoms with Crippen molar-refractivity contribution in [3.05, 3.63) is 23.5 Å². The minimum atomic E-state index is -0.897. The lowest BCUT2D eigenvalue weighted by Gasteiger charge is -2.29. The van der Waals surface area contributed by atoms with Gasteiger partial charge in [0.15, 0.2) is 11.6 Å². The number of carboxylic acids is 1. The van der Waals surface area contributed by atoms with E-state index in [9.17, 15) is 23.9 Å². The molecule has 186 valence electrons. The second-order valence-electron chi connectivity index (χ2n) is 9.52. The molecule has 3 aliphatic rings. The highest BCUT2D eigenvalue weighted by molar-refractivity contribution is 5.98. The molecule has 4 unspecified atom stereocenters. The molecule has 2 N–H and O–H groups in total. The van der Waals surface area contributed by atoms with E-state index in [2.05, 4.69) is 5.32 Å². The highest BCUT2D eigenvalue weighted by Gasteiger charge is 2.51. The number of aliphatic carboxylic acids is 1. The van der Waals surface area contributed by atoms with E-state index in [4.69, 9.17) is 14.2 Å². The number of carboxylic acid groups (broad SMARTS) is 1. The molecule has 8 nitrogen and oxygen atoms in total. The number of hydrogen-bond donors (Lipinski definition) is 2. The van der Waals surface area contributed by atoms with Crippen molar-refractivity contribution in [2.45, 2.75) is 64.0 Å². The number of hydrogen-bond acceptors (Lipinski definition) is 6. The Morgan fingerprint density at radius 3 is 2.41 bits per heavy atom. The lowest BCUT2D eigenvalue weighted by atomic mass is 9.84. The van der Waals surface area contributed by atoms with Crippen LogP contribution in [0.15, 0.2) is 12.1 Å². The molecule has 2 bridgehead atoms. The summed E-state index contributed by atoms with van der Waals surface area (Å²) in [5, 5.41) is 12.5. The largest absolute Gasteiger partial charge is 0.496 e. The van der Waals surface area contributed by atoms with Gasteiger partial charge in [0.05, 0.1) is 37.2 Å². The lowest BCUT2D eigenvalue weighted by Crippen LogP contribution is -2.46. The van der Waals surface area contributed by atoms with Crippen molar-refractivity contribution in [1.82, 2.24) is 5.32 Å². The van der Waals surface area contributed by atoms with Gasteiger partial charge in [-0.05, 0) is 69.8 Å². The van der Waals surface area contributed by atoms with Gasteiger partial charge in [0.1, 0.15) is 5.75 Å². The van der Waals surface area contributed by atoms with E-state index in [0.29, 0.717) is 32.3 Å². The van der Waals surface area contributed by atoms with E-state index in [1.54, 1.807) is 6.92 Å². The van der Waals surface area contributed by atoms with Gasteiger partial charge in [0, 0.05) is 12.1 Å². The van der Waals surface area contributed by atoms with Gasteiger partial charge < -0.3 is 24.6 Å². The highest BCUT2D eigenvalue weighted by atomic mass is 19.1. The Morgan fingerprint density at radius 1 is 1.06 bits per heavy atom. The Hall–Kier alpha value is -2.84. The molecular weight excluding hydrogens is 445 g/mol. The number of esters is 1. The number of nitrogens with one attached hydrogen (secondary N) is 1. The molecule has 4 atom stereocenters. The zero-order valence-corrected chi connectivity index (χ0v) is 19.6. The van der Waals surface area contributed by atoms with Gasteiger partial charge in [-0.25, -0.2) is 4.39 Å². The molecule has 34 heavy (non-hydrogen) atoms. The van der Waals surface area contributed by atoms with E-state index >= 15 is 0 Å². The van der Waals surface area contributed by atoms with Gasteiger partial charge in [-0.15, -0.1) is 0 Å². The molecule has 3 aliphatic carbocycles. The Kier molecular flexibility index (Phi) is 7.28. The average Bonchev–Trinajstić information content (AvgIpc) is 3.42. The maximum atomic E-state index is 14.7. The molecule has 0 heterocycles. The number of halogens is 1. The maximum Gasteiger partial charge on any atom is 0.308 e. The van der Waals surface area contributed by atoms with Crippen LogP contribution in [-0.2, 0) is 14.3 Å². The van der Waals surface area contributed by atoms with Crippen LogP contribution in [0.1, 0.15) is 62.2 Å². The quantitative estimate of drug-likeness (QED) is 0.551. The molecule has 0 spiro atoms. The summed E-state index contributed by atoms with van der Waals surface area (Å²) < 4.78 is 30.9. The van der Waals surface area contributed by atoms with Gasteiger partial charge in [-0.3, -0.25) is 14.4 Å². The molecule has 0 aliphatic heterocycles. The summed E-state index contributed by atoms with van der Waals surface area (Å²) in [6, 6.07) is 1.98. The predicted molar refractivity (Wildman–Crippen MR) is 119 cm³/mol. The predicted octanol–water partition coefficient (Wildman–Crippen LogP) is 3.56. The zero-order chi connectivity index (χ0) is 24.4. The molecule has 9 heteroatoms. The first-order chi connectivity index (χ1) is 16.3. The highest BCUT2D eigenvalue weighted by Crippen LogP contribution is 2.48. The second-order valence-corrected chi connectivity index (χ2v) is 9.52. The first-order valence-corrected chi connectivity index (χ1v) is 12.1. The lowest BCUT2D eigenvalue weighted by molar-refractivity contribution is -0.149. The van der Waals surface area contributed by atoms with Gasteiger partial charge in [0.25, 0.3) is 5.91 Å². The number of carbonyl (C=O) groups is 3. The summed E-state index contributed by atoms with van der Waals surface area (Å²) in [6.07, 6.45) is 4.60. The first-order valence-electron chi connectivity index (χ1n) is 12.1. The van der Waals surface area contributed by atoms with Crippen LogP contribution in [0.25, 0.3) is 0 Å². The van der Waals surface area contributed by atoms with Crippen molar-refractivity contribution >= 4 is 17.8 Å². The Balaban J connectivity index is 1.46. The third-order valence-corrected chi connectivity index (χ3v) is 7.59. The molecule has 3 fully saturated rings. The summed E-state index contributed by atoms with van der Waals surface area (Å²) in [5.74, 6) is -2.84. The first kappa shape index (κ1) is 24.3. The molecule has 1 aromatic rings. The van der Waals surface area contributed by atoms with Gasteiger partial charge in [-0.1, -0.05) is 0 Å². The van der Waals surface area contributed by atoms with Gasteiger partial charge in [0.2, 0.25) is 0 Å². The third-order valence-electron chi connectivity index (χ3n) is 7.59. The van der Waals surface area contributed by atoms with Crippen molar-refractivity contribution in [2.24, 2.45) is 23.7 Å². The third kappa shape index (κ3) is 4.83.